The van der Waals surface area contributed by atoms with Gasteiger partial charge in [-0.25, -0.2) is 13.1 Å². The lowest BCUT2D eigenvalue weighted by molar-refractivity contribution is 0.0957. The van der Waals surface area contributed by atoms with Gasteiger partial charge in [-0.1, -0.05) is 6.92 Å². The molecule has 2 unspecified atom stereocenters. The van der Waals surface area contributed by atoms with Gasteiger partial charge in [0, 0.05) is 22.9 Å². The molecule has 1 aliphatic heterocycles. The van der Waals surface area contributed by atoms with Gasteiger partial charge < -0.3 is 10.1 Å². The molecule has 120 valence electrons. The molecule has 2 atom stereocenters. The summed E-state index contributed by atoms with van der Waals surface area (Å²) < 4.78 is 33.7. The number of ether oxygens (including phenoxy) is 1. The Morgan fingerprint density at radius 3 is 2.81 bits per heavy atom. The Hall–Kier alpha value is -0.470. The van der Waals surface area contributed by atoms with E-state index in [4.69, 9.17) is 4.74 Å². The summed E-state index contributed by atoms with van der Waals surface area (Å²) in [5.41, 5.74) is -0.533. The van der Waals surface area contributed by atoms with Crippen LogP contribution in [0.1, 0.15) is 36.9 Å². The number of rotatable bonds is 6. The third-order valence-corrected chi connectivity index (χ3v) is 6.93. The molecule has 0 amide bonds. The number of hydrogen-bond acceptors (Lipinski definition) is 5. The molecule has 0 aliphatic carbocycles. The van der Waals surface area contributed by atoms with E-state index < -0.39 is 15.6 Å². The van der Waals surface area contributed by atoms with Crippen LogP contribution in [-0.4, -0.2) is 33.2 Å². The quantitative estimate of drug-likeness (QED) is 0.836. The monoisotopic (exact) mass is 332 g/mol. The largest absolute Gasteiger partial charge is 0.376 e. The molecule has 0 radical (unpaired) electrons. The van der Waals surface area contributed by atoms with Gasteiger partial charge in [-0.2, -0.15) is 0 Å². The highest BCUT2D eigenvalue weighted by Crippen LogP contribution is 2.30. The zero-order valence-corrected chi connectivity index (χ0v) is 14.7. The lowest BCUT2D eigenvalue weighted by Gasteiger charge is -2.28. The van der Waals surface area contributed by atoms with Gasteiger partial charge >= 0.3 is 0 Å². The maximum Gasteiger partial charge on any atom is 0.242 e. The van der Waals surface area contributed by atoms with E-state index in [1.54, 1.807) is 6.07 Å². The number of nitrogens with one attached hydrogen (secondary N) is 2. The highest BCUT2D eigenvalue weighted by Gasteiger charge is 2.41. The predicted octanol–water partition coefficient (Wildman–Crippen LogP) is 2.01. The van der Waals surface area contributed by atoms with Crippen molar-refractivity contribution in [2.75, 3.05) is 13.2 Å². The molecule has 0 spiro atoms. The molecule has 2 N–H and O–H groups in total. The summed E-state index contributed by atoms with van der Waals surface area (Å²) in [7, 11) is -3.52. The topological polar surface area (TPSA) is 67.4 Å². The summed E-state index contributed by atoms with van der Waals surface area (Å²) >= 11 is 1.53. The highest BCUT2D eigenvalue weighted by atomic mass is 32.2. The maximum atomic E-state index is 12.7. The molecule has 1 aromatic rings. The Balaban J connectivity index is 2.21. The Morgan fingerprint density at radius 2 is 2.24 bits per heavy atom. The van der Waals surface area contributed by atoms with E-state index in [0.29, 0.717) is 24.5 Å². The lowest BCUT2D eigenvalue weighted by atomic mass is 9.97. The molecule has 2 heterocycles. The minimum atomic E-state index is -3.52. The second-order valence-corrected chi connectivity index (χ2v) is 8.69. The van der Waals surface area contributed by atoms with Crippen molar-refractivity contribution < 1.29 is 13.2 Å². The van der Waals surface area contributed by atoms with Gasteiger partial charge in [-0.15, -0.1) is 11.3 Å². The molecule has 5 nitrogen and oxygen atoms in total. The normalized spacial score (nSPS) is 26.4. The zero-order chi connectivity index (χ0) is 15.7. The van der Waals surface area contributed by atoms with Gasteiger partial charge in [0.05, 0.1) is 16.5 Å². The molecule has 21 heavy (non-hydrogen) atoms. The van der Waals surface area contributed by atoms with Crippen LogP contribution in [0.3, 0.4) is 0 Å². The van der Waals surface area contributed by atoms with Gasteiger partial charge in [0.2, 0.25) is 10.0 Å². The molecule has 7 heteroatoms. The van der Waals surface area contributed by atoms with Crippen LogP contribution >= 0.6 is 11.3 Å². The average molecular weight is 332 g/mol. The second kappa shape index (κ2) is 6.34. The molecular formula is C14H24N2O3S2. The van der Waals surface area contributed by atoms with E-state index in [1.807, 2.05) is 27.7 Å². The summed E-state index contributed by atoms with van der Waals surface area (Å²) in [6.45, 7) is 9.86. The van der Waals surface area contributed by atoms with Crippen molar-refractivity contribution in [2.45, 2.75) is 57.2 Å². The predicted molar refractivity (Wildman–Crippen MR) is 85.2 cm³/mol. The summed E-state index contributed by atoms with van der Waals surface area (Å²) in [6, 6.07) is 1.77. The number of sulfonamides is 1. The van der Waals surface area contributed by atoms with Gasteiger partial charge in [-0.05, 0) is 39.8 Å². The van der Waals surface area contributed by atoms with E-state index in [9.17, 15) is 8.42 Å². The molecule has 0 bridgehead atoms. The standard InChI is InChI=1S/C14H24N2O3S2/c1-5-15-9-12-8-13(10(2)20-12)21(17,18)16-14(4)6-7-19-11(14)3/h8,11,15-16H,5-7,9H2,1-4H3. The van der Waals surface area contributed by atoms with Crippen molar-refractivity contribution in [3.05, 3.63) is 15.8 Å². The summed E-state index contributed by atoms with van der Waals surface area (Å²) in [5.74, 6) is 0. The third kappa shape index (κ3) is 3.65. The first-order valence-corrected chi connectivity index (χ1v) is 9.54. The molecule has 1 saturated heterocycles. The van der Waals surface area contributed by atoms with Gasteiger partial charge in [0.1, 0.15) is 0 Å². The van der Waals surface area contributed by atoms with Crippen molar-refractivity contribution in [2.24, 2.45) is 0 Å². The maximum absolute atomic E-state index is 12.7. The van der Waals surface area contributed by atoms with Crippen LogP contribution in [-0.2, 0) is 21.3 Å². The smallest absolute Gasteiger partial charge is 0.242 e. The summed E-state index contributed by atoms with van der Waals surface area (Å²) in [4.78, 5) is 2.25. The van der Waals surface area contributed by atoms with Crippen LogP contribution in [0.2, 0.25) is 0 Å². The van der Waals surface area contributed by atoms with Crippen molar-refractivity contribution in [3.63, 3.8) is 0 Å². The molecule has 1 fully saturated rings. The Morgan fingerprint density at radius 1 is 1.52 bits per heavy atom. The third-order valence-electron chi connectivity index (χ3n) is 4.02. The fourth-order valence-corrected chi connectivity index (χ4v) is 5.56. The second-order valence-electron chi connectivity index (χ2n) is 5.70. The molecule has 1 aliphatic rings. The van der Waals surface area contributed by atoms with Gasteiger partial charge in [0.15, 0.2) is 0 Å². The molecular weight excluding hydrogens is 308 g/mol. The number of hydrogen-bond donors (Lipinski definition) is 2. The lowest BCUT2D eigenvalue weighted by Crippen LogP contribution is -2.50. The van der Waals surface area contributed by atoms with Crippen LogP contribution in [0.4, 0.5) is 0 Å². The number of aryl methyl sites for hydroxylation is 1. The summed E-state index contributed by atoms with van der Waals surface area (Å²) in [5, 5.41) is 3.22. The van der Waals surface area contributed by atoms with Crippen LogP contribution in [0, 0.1) is 6.92 Å². The average Bonchev–Trinajstić information content (AvgIpc) is 2.91. The van der Waals surface area contributed by atoms with E-state index in [0.717, 1.165) is 16.3 Å². The van der Waals surface area contributed by atoms with Gasteiger partial charge in [0.25, 0.3) is 0 Å². The van der Waals surface area contributed by atoms with Gasteiger partial charge in [-0.3, -0.25) is 0 Å². The molecule has 1 aromatic heterocycles. The SMILES string of the molecule is CCNCc1cc(S(=O)(=O)NC2(C)CCOC2C)c(C)s1. The number of thiophene rings is 1. The fraction of sp³-hybridized carbons (Fsp3) is 0.714. The minimum Gasteiger partial charge on any atom is -0.376 e. The van der Waals surface area contributed by atoms with E-state index in [1.165, 1.54) is 11.3 Å². The highest BCUT2D eigenvalue weighted by molar-refractivity contribution is 7.89. The molecule has 2 rings (SSSR count). The van der Waals surface area contributed by atoms with Crippen molar-refractivity contribution in [1.29, 1.82) is 0 Å². The van der Waals surface area contributed by atoms with Crippen molar-refractivity contribution in [3.8, 4) is 0 Å². The zero-order valence-electron chi connectivity index (χ0n) is 13.0. The summed E-state index contributed by atoms with van der Waals surface area (Å²) in [6.07, 6.45) is 0.577. The first-order valence-electron chi connectivity index (χ1n) is 7.24. The van der Waals surface area contributed by atoms with Crippen LogP contribution in [0.15, 0.2) is 11.0 Å². The Labute approximate surface area is 131 Å². The van der Waals surface area contributed by atoms with E-state index >= 15 is 0 Å². The van der Waals surface area contributed by atoms with Crippen molar-refractivity contribution >= 4 is 21.4 Å². The minimum absolute atomic E-state index is 0.118. The first-order chi connectivity index (χ1) is 9.78. The Kier molecular flexibility index (Phi) is 5.10. The van der Waals surface area contributed by atoms with Crippen molar-refractivity contribution in [1.82, 2.24) is 10.0 Å². The fourth-order valence-electron chi connectivity index (χ4n) is 2.46. The Bertz CT molecular complexity index is 597. The van der Waals surface area contributed by atoms with Crippen LogP contribution in [0.25, 0.3) is 0 Å². The first kappa shape index (κ1) is 16.9. The van der Waals surface area contributed by atoms with E-state index in [2.05, 4.69) is 10.0 Å². The molecule has 0 aromatic carbocycles. The van der Waals surface area contributed by atoms with Crippen LogP contribution < -0.4 is 10.0 Å². The van der Waals surface area contributed by atoms with Crippen LogP contribution in [0.5, 0.6) is 0 Å². The van der Waals surface area contributed by atoms with E-state index in [-0.39, 0.29) is 6.10 Å². The molecule has 0 saturated carbocycles.